The van der Waals surface area contributed by atoms with Gasteiger partial charge in [-0.15, -0.1) is 0 Å². The van der Waals surface area contributed by atoms with Gasteiger partial charge >= 0.3 is 0 Å². The molecule has 25 heavy (non-hydrogen) atoms. The Kier molecular flexibility index (Phi) is 6.95. The van der Waals surface area contributed by atoms with Gasteiger partial charge in [-0.3, -0.25) is 4.79 Å². The Balaban J connectivity index is 2.02. The minimum atomic E-state index is -3.70. The van der Waals surface area contributed by atoms with Crippen LogP contribution in [0, 0.1) is 0 Å². The second-order valence-electron chi connectivity index (χ2n) is 5.19. The summed E-state index contributed by atoms with van der Waals surface area (Å²) in [6, 6.07) is 12.7. The van der Waals surface area contributed by atoms with Crippen molar-refractivity contribution in [3.63, 3.8) is 0 Å². The Bertz CT molecular complexity index is 823. The highest BCUT2D eigenvalue weighted by atomic mass is 35.5. The van der Waals surface area contributed by atoms with Crippen LogP contribution >= 0.6 is 11.6 Å². The average molecular weight is 383 g/mol. The van der Waals surface area contributed by atoms with E-state index in [1.54, 1.807) is 31.4 Å². The number of carbonyl (C=O) groups is 1. The lowest BCUT2D eigenvalue weighted by Crippen LogP contribution is -2.27. The number of ether oxygens (including phenoxy) is 1. The van der Waals surface area contributed by atoms with Gasteiger partial charge in [-0.1, -0.05) is 29.8 Å². The van der Waals surface area contributed by atoms with Crippen LogP contribution in [0.4, 0.5) is 0 Å². The lowest BCUT2D eigenvalue weighted by Gasteiger charge is -2.09. The van der Waals surface area contributed by atoms with Gasteiger partial charge in [-0.25, -0.2) is 13.1 Å². The number of halogens is 1. The van der Waals surface area contributed by atoms with Crippen LogP contribution in [0.15, 0.2) is 53.4 Å². The van der Waals surface area contributed by atoms with Crippen LogP contribution in [-0.4, -0.2) is 34.6 Å². The molecule has 0 spiro atoms. The van der Waals surface area contributed by atoms with Crippen molar-refractivity contribution in [3.8, 4) is 0 Å². The molecule has 0 aliphatic heterocycles. The van der Waals surface area contributed by atoms with Crippen LogP contribution in [-0.2, 0) is 21.3 Å². The van der Waals surface area contributed by atoms with Crippen LogP contribution in [0.2, 0.25) is 5.02 Å². The zero-order valence-corrected chi connectivity index (χ0v) is 15.2. The maximum atomic E-state index is 12.3. The molecule has 0 saturated heterocycles. The number of amides is 1. The summed E-state index contributed by atoms with van der Waals surface area (Å²) in [5.74, 6) is -0.287. The number of nitrogens with one attached hydrogen (secondary N) is 2. The number of carbonyl (C=O) groups excluding carboxylic acids is 1. The van der Waals surface area contributed by atoms with E-state index in [1.165, 1.54) is 24.3 Å². The largest absolute Gasteiger partial charge is 0.383 e. The Morgan fingerprint density at radius 2 is 1.80 bits per heavy atom. The van der Waals surface area contributed by atoms with Crippen molar-refractivity contribution in [3.05, 3.63) is 64.7 Å². The van der Waals surface area contributed by atoms with Gasteiger partial charge in [0, 0.05) is 30.8 Å². The zero-order chi connectivity index (χ0) is 18.3. The van der Waals surface area contributed by atoms with Crippen molar-refractivity contribution in [2.45, 2.75) is 11.4 Å². The van der Waals surface area contributed by atoms with E-state index in [4.69, 9.17) is 16.3 Å². The van der Waals surface area contributed by atoms with Crippen LogP contribution in [0.3, 0.4) is 0 Å². The first-order valence-corrected chi connectivity index (χ1v) is 9.40. The summed E-state index contributed by atoms with van der Waals surface area (Å²) in [7, 11) is -2.16. The Labute approximate surface area is 152 Å². The molecule has 0 aliphatic carbocycles. The third-order valence-electron chi connectivity index (χ3n) is 3.43. The predicted octanol–water partition coefficient (Wildman–Crippen LogP) is 2.19. The number of benzene rings is 2. The fourth-order valence-corrected chi connectivity index (χ4v) is 3.26. The van der Waals surface area contributed by atoms with Gasteiger partial charge in [-0.2, -0.15) is 0 Å². The second kappa shape index (κ2) is 8.96. The van der Waals surface area contributed by atoms with Crippen molar-refractivity contribution in [1.29, 1.82) is 0 Å². The van der Waals surface area contributed by atoms with E-state index in [0.29, 0.717) is 29.3 Å². The van der Waals surface area contributed by atoms with E-state index >= 15 is 0 Å². The molecule has 1 amide bonds. The van der Waals surface area contributed by atoms with Gasteiger partial charge in [0.25, 0.3) is 5.91 Å². The zero-order valence-electron chi connectivity index (χ0n) is 13.7. The van der Waals surface area contributed by atoms with Gasteiger partial charge in [-0.05, 0) is 35.9 Å². The number of rotatable bonds is 8. The van der Waals surface area contributed by atoms with Gasteiger partial charge in [0.1, 0.15) is 0 Å². The van der Waals surface area contributed by atoms with Crippen LogP contribution in [0.1, 0.15) is 15.9 Å². The SMILES string of the molecule is COCCNC(=O)c1ccc(S(=O)(=O)NCc2ccccc2Cl)cc1. The van der Waals surface area contributed by atoms with E-state index in [1.807, 2.05) is 0 Å². The molecule has 0 unspecified atom stereocenters. The maximum Gasteiger partial charge on any atom is 0.251 e. The van der Waals surface area contributed by atoms with E-state index < -0.39 is 10.0 Å². The minimum Gasteiger partial charge on any atom is -0.383 e. The first kappa shape index (κ1) is 19.4. The van der Waals surface area contributed by atoms with Gasteiger partial charge in [0.05, 0.1) is 11.5 Å². The highest BCUT2D eigenvalue weighted by Gasteiger charge is 2.15. The lowest BCUT2D eigenvalue weighted by molar-refractivity contribution is 0.0937. The number of hydrogen-bond acceptors (Lipinski definition) is 4. The predicted molar refractivity (Wildman–Crippen MR) is 96.1 cm³/mol. The molecule has 0 atom stereocenters. The van der Waals surface area contributed by atoms with Gasteiger partial charge in [0.15, 0.2) is 0 Å². The summed E-state index contributed by atoms with van der Waals surface area (Å²) in [6.07, 6.45) is 0. The first-order chi connectivity index (χ1) is 11.9. The summed E-state index contributed by atoms with van der Waals surface area (Å²) < 4.78 is 32.0. The summed E-state index contributed by atoms with van der Waals surface area (Å²) in [5.41, 5.74) is 1.06. The molecule has 134 valence electrons. The molecular weight excluding hydrogens is 364 g/mol. The summed E-state index contributed by atoms with van der Waals surface area (Å²) in [5, 5.41) is 3.16. The molecule has 0 aromatic heterocycles. The van der Waals surface area contributed by atoms with Crippen LogP contribution in [0.5, 0.6) is 0 Å². The van der Waals surface area contributed by atoms with Crippen molar-refractivity contribution < 1.29 is 17.9 Å². The molecule has 2 aromatic rings. The molecule has 0 heterocycles. The fourth-order valence-electron chi connectivity index (χ4n) is 2.05. The second-order valence-corrected chi connectivity index (χ2v) is 7.36. The van der Waals surface area contributed by atoms with E-state index in [9.17, 15) is 13.2 Å². The van der Waals surface area contributed by atoms with Crippen molar-refractivity contribution in [2.24, 2.45) is 0 Å². The van der Waals surface area contributed by atoms with Crippen molar-refractivity contribution in [2.75, 3.05) is 20.3 Å². The summed E-state index contributed by atoms with van der Waals surface area (Å²) in [4.78, 5) is 12.0. The minimum absolute atomic E-state index is 0.0768. The maximum absolute atomic E-state index is 12.3. The highest BCUT2D eigenvalue weighted by Crippen LogP contribution is 2.16. The summed E-state index contributed by atoms with van der Waals surface area (Å²) >= 11 is 6.02. The number of sulfonamides is 1. The number of hydrogen-bond donors (Lipinski definition) is 2. The highest BCUT2D eigenvalue weighted by molar-refractivity contribution is 7.89. The molecular formula is C17H19ClN2O4S. The molecule has 0 fully saturated rings. The smallest absolute Gasteiger partial charge is 0.251 e. The quantitative estimate of drug-likeness (QED) is 0.685. The van der Waals surface area contributed by atoms with Gasteiger partial charge in [0.2, 0.25) is 10.0 Å². The Morgan fingerprint density at radius 1 is 1.12 bits per heavy atom. The molecule has 0 bridgehead atoms. The average Bonchev–Trinajstić information content (AvgIpc) is 2.61. The molecule has 6 nitrogen and oxygen atoms in total. The van der Waals surface area contributed by atoms with Gasteiger partial charge < -0.3 is 10.1 Å². The molecule has 0 saturated carbocycles. The monoisotopic (exact) mass is 382 g/mol. The van der Waals surface area contributed by atoms with Crippen molar-refractivity contribution in [1.82, 2.24) is 10.0 Å². The third kappa shape index (κ3) is 5.54. The standard InChI is InChI=1S/C17H19ClN2O4S/c1-24-11-10-19-17(21)13-6-8-15(9-7-13)25(22,23)20-12-14-4-2-3-5-16(14)18/h2-9,20H,10-12H2,1H3,(H,19,21). The molecule has 2 aromatic carbocycles. The Morgan fingerprint density at radius 3 is 2.44 bits per heavy atom. The topological polar surface area (TPSA) is 84.5 Å². The number of methoxy groups -OCH3 is 1. The molecule has 2 rings (SSSR count). The molecule has 0 aliphatic rings. The molecule has 0 radical (unpaired) electrons. The first-order valence-electron chi connectivity index (χ1n) is 7.54. The van der Waals surface area contributed by atoms with Crippen molar-refractivity contribution >= 4 is 27.5 Å². The molecule has 2 N–H and O–H groups in total. The van der Waals surface area contributed by atoms with Crippen LogP contribution in [0.25, 0.3) is 0 Å². The third-order valence-corrected chi connectivity index (χ3v) is 5.21. The molecule has 8 heteroatoms. The normalized spacial score (nSPS) is 11.3. The fraction of sp³-hybridized carbons (Fsp3) is 0.235. The van der Waals surface area contributed by atoms with E-state index in [2.05, 4.69) is 10.0 Å². The van der Waals surface area contributed by atoms with E-state index in [-0.39, 0.29) is 17.3 Å². The lowest BCUT2D eigenvalue weighted by atomic mass is 10.2. The van der Waals surface area contributed by atoms with Crippen LogP contribution < -0.4 is 10.0 Å². The summed E-state index contributed by atoms with van der Waals surface area (Å²) in [6.45, 7) is 0.875. The van der Waals surface area contributed by atoms with E-state index in [0.717, 1.165) is 0 Å². The Hall–Kier alpha value is -1.93.